The van der Waals surface area contributed by atoms with E-state index < -0.39 is 5.97 Å². The summed E-state index contributed by atoms with van der Waals surface area (Å²) in [6.45, 7) is 5.56. The van der Waals surface area contributed by atoms with Gasteiger partial charge in [-0.25, -0.2) is 4.79 Å². The molecule has 0 saturated carbocycles. The Morgan fingerprint density at radius 3 is 2.40 bits per heavy atom. The third-order valence-corrected chi connectivity index (χ3v) is 3.82. The molecule has 0 aliphatic heterocycles. The van der Waals surface area contributed by atoms with E-state index >= 15 is 0 Å². The highest BCUT2D eigenvalue weighted by atomic mass is 16.5. The highest BCUT2D eigenvalue weighted by Crippen LogP contribution is 2.27. The molecule has 0 heterocycles. The Kier molecular flexibility index (Phi) is 5.64. The molecule has 1 unspecified atom stereocenters. The van der Waals surface area contributed by atoms with Crippen LogP contribution in [-0.4, -0.2) is 28.2 Å². The fraction of sp³-hybridized carbons (Fsp3) is 0.263. The molecule has 3 N–H and O–H groups in total. The fourth-order valence-corrected chi connectivity index (χ4v) is 2.22. The number of aromatic hydroxyl groups is 1. The summed E-state index contributed by atoms with van der Waals surface area (Å²) in [5.74, 6) is -1.27. The predicted molar refractivity (Wildman–Crippen MR) is 94.6 cm³/mol. The van der Waals surface area contributed by atoms with Crippen molar-refractivity contribution in [3.63, 3.8) is 0 Å². The molecule has 0 aliphatic carbocycles. The number of carboxylic acid groups (broad SMARTS) is 1. The van der Waals surface area contributed by atoms with Crippen molar-refractivity contribution >= 4 is 17.6 Å². The zero-order valence-electron chi connectivity index (χ0n) is 14.4. The van der Waals surface area contributed by atoms with Gasteiger partial charge in [-0.2, -0.15) is 0 Å². The molecule has 1 amide bonds. The van der Waals surface area contributed by atoms with E-state index in [4.69, 9.17) is 9.84 Å². The van der Waals surface area contributed by atoms with E-state index in [-0.39, 0.29) is 23.3 Å². The third kappa shape index (κ3) is 4.50. The zero-order chi connectivity index (χ0) is 18.6. The van der Waals surface area contributed by atoms with Crippen LogP contribution in [0, 0.1) is 6.92 Å². The zero-order valence-corrected chi connectivity index (χ0v) is 14.4. The number of carboxylic acids is 1. The molecular weight excluding hydrogens is 322 g/mol. The maximum Gasteiger partial charge on any atom is 0.339 e. The lowest BCUT2D eigenvalue weighted by Gasteiger charge is -2.13. The lowest BCUT2D eigenvalue weighted by atomic mass is 10.1. The van der Waals surface area contributed by atoms with Gasteiger partial charge in [0.1, 0.15) is 17.1 Å². The minimum Gasteiger partial charge on any atom is -0.507 e. The van der Waals surface area contributed by atoms with E-state index in [9.17, 15) is 14.7 Å². The van der Waals surface area contributed by atoms with E-state index in [0.29, 0.717) is 22.6 Å². The van der Waals surface area contributed by atoms with Gasteiger partial charge >= 0.3 is 5.97 Å². The number of amides is 1. The number of hydrogen-bond acceptors (Lipinski definition) is 4. The van der Waals surface area contributed by atoms with Crippen LogP contribution in [0.15, 0.2) is 36.4 Å². The van der Waals surface area contributed by atoms with Gasteiger partial charge in [-0.3, -0.25) is 4.79 Å². The highest BCUT2D eigenvalue weighted by molar-refractivity contribution is 6.05. The molecule has 0 fully saturated rings. The van der Waals surface area contributed by atoms with E-state index in [0.717, 1.165) is 6.42 Å². The van der Waals surface area contributed by atoms with Crippen molar-refractivity contribution in [3.05, 3.63) is 53.1 Å². The molecule has 0 aliphatic rings. The second-order valence-electron chi connectivity index (χ2n) is 5.81. The molecule has 132 valence electrons. The van der Waals surface area contributed by atoms with Gasteiger partial charge < -0.3 is 20.3 Å². The number of ether oxygens (including phenoxy) is 1. The summed E-state index contributed by atoms with van der Waals surface area (Å²) in [6.07, 6.45) is 0.975. The Balaban J connectivity index is 2.16. The van der Waals surface area contributed by atoms with Crippen LogP contribution in [0.2, 0.25) is 0 Å². The SMILES string of the molecule is CCC(C)Oc1ccc(C(=O)Nc2cc(C)c(O)c(C(=O)O)c2)cc1. The van der Waals surface area contributed by atoms with Crippen LogP contribution in [0.3, 0.4) is 0 Å². The van der Waals surface area contributed by atoms with Crippen molar-refractivity contribution in [2.75, 3.05) is 5.32 Å². The summed E-state index contributed by atoms with van der Waals surface area (Å²) in [4.78, 5) is 23.5. The number of aromatic carboxylic acids is 1. The second-order valence-corrected chi connectivity index (χ2v) is 5.81. The number of nitrogens with one attached hydrogen (secondary N) is 1. The summed E-state index contributed by atoms with van der Waals surface area (Å²) in [5, 5.41) is 21.5. The van der Waals surface area contributed by atoms with Crippen molar-refractivity contribution in [1.82, 2.24) is 0 Å². The minimum atomic E-state index is -1.26. The van der Waals surface area contributed by atoms with Crippen molar-refractivity contribution in [2.45, 2.75) is 33.3 Å². The van der Waals surface area contributed by atoms with Crippen LogP contribution < -0.4 is 10.1 Å². The number of hydrogen-bond donors (Lipinski definition) is 3. The summed E-state index contributed by atoms with van der Waals surface area (Å²) >= 11 is 0. The van der Waals surface area contributed by atoms with Crippen molar-refractivity contribution < 1.29 is 24.5 Å². The first-order valence-electron chi connectivity index (χ1n) is 7.96. The topological polar surface area (TPSA) is 95.9 Å². The van der Waals surface area contributed by atoms with Gasteiger partial charge in [0.05, 0.1) is 6.10 Å². The molecule has 0 bridgehead atoms. The largest absolute Gasteiger partial charge is 0.507 e. The van der Waals surface area contributed by atoms with Gasteiger partial charge in [-0.1, -0.05) is 6.92 Å². The summed E-state index contributed by atoms with van der Waals surface area (Å²) in [5.41, 5.74) is 0.830. The average molecular weight is 343 g/mol. The molecule has 6 heteroatoms. The van der Waals surface area contributed by atoms with Crippen LogP contribution in [0.5, 0.6) is 11.5 Å². The number of phenols is 1. The van der Waals surface area contributed by atoms with Crippen LogP contribution >= 0.6 is 0 Å². The van der Waals surface area contributed by atoms with Crippen LogP contribution in [-0.2, 0) is 0 Å². The van der Waals surface area contributed by atoms with E-state index in [2.05, 4.69) is 5.32 Å². The first-order chi connectivity index (χ1) is 11.8. The molecule has 1 atom stereocenters. The second kappa shape index (κ2) is 7.70. The van der Waals surface area contributed by atoms with Crippen molar-refractivity contribution in [1.29, 1.82) is 0 Å². The number of carbonyl (C=O) groups excluding carboxylic acids is 1. The molecule has 2 rings (SSSR count). The molecule has 25 heavy (non-hydrogen) atoms. The van der Waals surface area contributed by atoms with Gasteiger partial charge in [0, 0.05) is 11.3 Å². The standard InChI is InChI=1S/C19H21NO5/c1-4-12(3)25-15-7-5-13(6-8-15)18(22)20-14-9-11(2)17(21)16(10-14)19(23)24/h5-10,12,21H,4H2,1-3H3,(H,20,22)(H,23,24). The summed E-state index contributed by atoms with van der Waals surface area (Å²) < 4.78 is 5.66. The Bertz CT molecular complexity index is 783. The van der Waals surface area contributed by atoms with E-state index in [1.807, 2.05) is 13.8 Å². The Labute approximate surface area is 146 Å². The lowest BCUT2D eigenvalue weighted by molar-refractivity contribution is 0.0693. The molecule has 0 saturated heterocycles. The number of carbonyl (C=O) groups is 2. The predicted octanol–water partition coefficient (Wildman–Crippen LogP) is 3.83. The van der Waals surface area contributed by atoms with Gasteiger partial charge in [0.25, 0.3) is 5.91 Å². The van der Waals surface area contributed by atoms with Gasteiger partial charge in [-0.15, -0.1) is 0 Å². The van der Waals surface area contributed by atoms with E-state index in [1.165, 1.54) is 12.1 Å². The summed E-state index contributed by atoms with van der Waals surface area (Å²) in [6, 6.07) is 9.44. The first-order valence-corrected chi connectivity index (χ1v) is 7.96. The molecular formula is C19H21NO5. The Morgan fingerprint density at radius 1 is 1.20 bits per heavy atom. The van der Waals surface area contributed by atoms with Crippen LogP contribution in [0.1, 0.15) is 46.5 Å². The summed E-state index contributed by atoms with van der Waals surface area (Å²) in [7, 11) is 0. The third-order valence-electron chi connectivity index (χ3n) is 3.82. The number of rotatable bonds is 6. The molecule has 0 spiro atoms. The highest BCUT2D eigenvalue weighted by Gasteiger charge is 2.15. The lowest BCUT2D eigenvalue weighted by Crippen LogP contribution is -2.13. The molecule has 2 aromatic carbocycles. The number of benzene rings is 2. The Hall–Kier alpha value is -3.02. The molecule has 0 radical (unpaired) electrons. The van der Waals surface area contributed by atoms with Gasteiger partial charge in [-0.05, 0) is 62.2 Å². The average Bonchev–Trinajstić information content (AvgIpc) is 2.58. The monoisotopic (exact) mass is 343 g/mol. The fourth-order valence-electron chi connectivity index (χ4n) is 2.22. The maximum atomic E-state index is 12.3. The van der Waals surface area contributed by atoms with Gasteiger partial charge in [0.15, 0.2) is 0 Å². The maximum absolute atomic E-state index is 12.3. The minimum absolute atomic E-state index is 0.0917. The number of anilines is 1. The van der Waals surface area contributed by atoms with Gasteiger partial charge in [0.2, 0.25) is 0 Å². The molecule has 6 nitrogen and oxygen atoms in total. The smallest absolute Gasteiger partial charge is 0.339 e. The van der Waals surface area contributed by atoms with Crippen LogP contribution in [0.25, 0.3) is 0 Å². The molecule has 2 aromatic rings. The van der Waals surface area contributed by atoms with Crippen molar-refractivity contribution in [2.24, 2.45) is 0 Å². The van der Waals surface area contributed by atoms with Crippen molar-refractivity contribution in [3.8, 4) is 11.5 Å². The normalized spacial score (nSPS) is 11.6. The number of aryl methyl sites for hydroxylation is 1. The quantitative estimate of drug-likeness (QED) is 0.693. The van der Waals surface area contributed by atoms with E-state index in [1.54, 1.807) is 31.2 Å². The Morgan fingerprint density at radius 2 is 1.84 bits per heavy atom. The first kappa shape index (κ1) is 18.3. The van der Waals surface area contributed by atoms with Crippen LogP contribution in [0.4, 0.5) is 5.69 Å². The molecule has 0 aromatic heterocycles.